The average molecular weight is 236 g/mol. The van der Waals surface area contributed by atoms with Crippen molar-refractivity contribution in [2.75, 3.05) is 13.1 Å². The molecular formula is C9H15Cl2N3. The van der Waals surface area contributed by atoms with E-state index in [0.29, 0.717) is 5.92 Å². The summed E-state index contributed by atoms with van der Waals surface area (Å²) >= 11 is 0. The minimum Gasteiger partial charge on any atom is -0.317 e. The first-order valence-corrected chi connectivity index (χ1v) is 4.44. The third kappa shape index (κ3) is 3.40. The van der Waals surface area contributed by atoms with Gasteiger partial charge in [-0.25, -0.2) is 9.97 Å². The first kappa shape index (κ1) is 13.6. The lowest BCUT2D eigenvalue weighted by atomic mass is 9.97. The highest BCUT2D eigenvalue weighted by molar-refractivity contribution is 5.85. The first-order valence-electron chi connectivity index (χ1n) is 4.44. The lowest BCUT2D eigenvalue weighted by Gasteiger charge is -2.20. The van der Waals surface area contributed by atoms with Gasteiger partial charge in [-0.1, -0.05) is 0 Å². The van der Waals surface area contributed by atoms with Crippen LogP contribution < -0.4 is 5.32 Å². The molecule has 1 aliphatic heterocycles. The van der Waals surface area contributed by atoms with E-state index in [1.807, 2.05) is 18.5 Å². The van der Waals surface area contributed by atoms with Crippen molar-refractivity contribution in [1.29, 1.82) is 0 Å². The molecule has 80 valence electrons. The molecule has 1 N–H and O–H groups in total. The molecule has 14 heavy (non-hydrogen) atoms. The molecule has 0 bridgehead atoms. The van der Waals surface area contributed by atoms with Crippen LogP contribution in [0.2, 0.25) is 0 Å². The van der Waals surface area contributed by atoms with Gasteiger partial charge in [-0.05, 0) is 32.0 Å². The van der Waals surface area contributed by atoms with Gasteiger partial charge < -0.3 is 5.32 Å². The van der Waals surface area contributed by atoms with Gasteiger partial charge in [0.2, 0.25) is 0 Å². The Bertz CT molecular complexity index is 237. The summed E-state index contributed by atoms with van der Waals surface area (Å²) in [5, 5.41) is 3.33. The fourth-order valence-corrected chi connectivity index (χ4v) is 1.60. The zero-order chi connectivity index (χ0) is 8.23. The topological polar surface area (TPSA) is 37.8 Å². The van der Waals surface area contributed by atoms with E-state index in [2.05, 4.69) is 15.3 Å². The molecule has 0 atom stereocenters. The summed E-state index contributed by atoms with van der Waals surface area (Å²) in [6.07, 6.45) is 5.99. The van der Waals surface area contributed by atoms with Crippen molar-refractivity contribution in [2.45, 2.75) is 18.8 Å². The van der Waals surface area contributed by atoms with E-state index in [1.54, 1.807) is 0 Å². The summed E-state index contributed by atoms with van der Waals surface area (Å²) < 4.78 is 0. The largest absolute Gasteiger partial charge is 0.317 e. The molecular weight excluding hydrogens is 221 g/mol. The predicted molar refractivity (Wildman–Crippen MR) is 61.4 cm³/mol. The van der Waals surface area contributed by atoms with E-state index in [0.717, 1.165) is 18.9 Å². The van der Waals surface area contributed by atoms with Gasteiger partial charge in [0.15, 0.2) is 0 Å². The maximum absolute atomic E-state index is 4.26. The van der Waals surface area contributed by atoms with Crippen LogP contribution in [-0.4, -0.2) is 23.1 Å². The molecule has 0 radical (unpaired) electrons. The number of halogens is 2. The number of aromatic nitrogens is 2. The lowest BCUT2D eigenvalue weighted by Crippen LogP contribution is -2.27. The molecule has 2 heterocycles. The van der Waals surface area contributed by atoms with E-state index in [9.17, 15) is 0 Å². The zero-order valence-corrected chi connectivity index (χ0v) is 9.48. The molecule has 1 aromatic heterocycles. The van der Waals surface area contributed by atoms with Gasteiger partial charge in [-0.15, -0.1) is 24.8 Å². The van der Waals surface area contributed by atoms with Gasteiger partial charge in [-0.2, -0.15) is 0 Å². The highest BCUT2D eigenvalue weighted by Crippen LogP contribution is 2.20. The van der Waals surface area contributed by atoms with E-state index in [-0.39, 0.29) is 24.8 Å². The van der Waals surface area contributed by atoms with Gasteiger partial charge >= 0.3 is 0 Å². The summed E-state index contributed by atoms with van der Waals surface area (Å²) in [4.78, 5) is 8.53. The molecule has 0 aliphatic carbocycles. The number of nitrogens with zero attached hydrogens (tertiary/aromatic N) is 2. The molecule has 1 aliphatic rings. The molecule has 2 rings (SSSR count). The van der Waals surface area contributed by atoms with Crippen LogP contribution in [0.5, 0.6) is 0 Å². The number of piperidine rings is 1. The van der Waals surface area contributed by atoms with E-state index in [4.69, 9.17) is 0 Å². The Kier molecular flexibility index (Phi) is 6.79. The summed E-state index contributed by atoms with van der Waals surface area (Å²) in [6, 6.07) is 1.87. The van der Waals surface area contributed by atoms with Crippen LogP contribution in [0, 0.1) is 0 Å². The van der Waals surface area contributed by atoms with Crippen molar-refractivity contribution in [3.05, 3.63) is 24.3 Å². The SMILES string of the molecule is Cl.Cl.c1cnc(C2CCNCC2)nc1. The Hall–Kier alpha value is -0.380. The smallest absolute Gasteiger partial charge is 0.131 e. The Morgan fingerprint density at radius 3 is 2.21 bits per heavy atom. The minimum atomic E-state index is 0. The first-order chi connectivity index (χ1) is 5.97. The van der Waals surface area contributed by atoms with Crippen LogP contribution in [0.25, 0.3) is 0 Å². The standard InChI is InChI=1S/C9H13N3.2ClH/c1-4-11-9(12-5-1)8-2-6-10-7-3-8;;/h1,4-5,8,10H,2-3,6-7H2;2*1H. The molecule has 5 heteroatoms. The van der Waals surface area contributed by atoms with E-state index in [1.165, 1.54) is 12.8 Å². The Labute approximate surface area is 96.5 Å². The monoisotopic (exact) mass is 235 g/mol. The lowest BCUT2D eigenvalue weighted by molar-refractivity contribution is 0.445. The predicted octanol–water partition coefficient (Wildman–Crippen LogP) is 1.79. The van der Waals surface area contributed by atoms with Gasteiger partial charge in [0.05, 0.1) is 0 Å². The molecule has 3 nitrogen and oxygen atoms in total. The second-order valence-electron chi connectivity index (χ2n) is 3.13. The van der Waals surface area contributed by atoms with Gasteiger partial charge in [0, 0.05) is 18.3 Å². The maximum Gasteiger partial charge on any atom is 0.131 e. The highest BCUT2D eigenvalue weighted by atomic mass is 35.5. The maximum atomic E-state index is 4.26. The van der Waals surface area contributed by atoms with Crippen molar-refractivity contribution in [1.82, 2.24) is 15.3 Å². The molecule has 1 aromatic rings. The third-order valence-electron chi connectivity index (χ3n) is 2.29. The van der Waals surface area contributed by atoms with Crippen LogP contribution in [0.1, 0.15) is 24.6 Å². The Morgan fingerprint density at radius 1 is 1.07 bits per heavy atom. The van der Waals surface area contributed by atoms with E-state index < -0.39 is 0 Å². The van der Waals surface area contributed by atoms with Crippen LogP contribution in [0.15, 0.2) is 18.5 Å². The second kappa shape index (κ2) is 6.98. The van der Waals surface area contributed by atoms with Crippen molar-refractivity contribution >= 4 is 24.8 Å². The molecule has 1 saturated heterocycles. The molecule has 0 saturated carbocycles. The third-order valence-corrected chi connectivity index (χ3v) is 2.29. The molecule has 0 amide bonds. The van der Waals surface area contributed by atoms with E-state index >= 15 is 0 Å². The molecule has 0 aromatic carbocycles. The second-order valence-corrected chi connectivity index (χ2v) is 3.13. The minimum absolute atomic E-state index is 0. The Balaban J connectivity index is 0.000000845. The fourth-order valence-electron chi connectivity index (χ4n) is 1.60. The molecule has 0 unspecified atom stereocenters. The van der Waals surface area contributed by atoms with Crippen LogP contribution >= 0.6 is 24.8 Å². The summed E-state index contributed by atoms with van der Waals surface area (Å²) in [5.74, 6) is 1.59. The van der Waals surface area contributed by atoms with Crippen molar-refractivity contribution in [3.63, 3.8) is 0 Å². The van der Waals surface area contributed by atoms with Crippen LogP contribution in [0.4, 0.5) is 0 Å². The van der Waals surface area contributed by atoms with Gasteiger partial charge in [0.25, 0.3) is 0 Å². The van der Waals surface area contributed by atoms with Crippen molar-refractivity contribution in [2.24, 2.45) is 0 Å². The Morgan fingerprint density at radius 2 is 1.64 bits per heavy atom. The van der Waals surface area contributed by atoms with Crippen molar-refractivity contribution in [3.8, 4) is 0 Å². The van der Waals surface area contributed by atoms with Gasteiger partial charge in [-0.3, -0.25) is 0 Å². The number of hydrogen-bond donors (Lipinski definition) is 1. The average Bonchev–Trinajstić information content (AvgIpc) is 2.21. The molecule has 1 fully saturated rings. The number of nitrogens with one attached hydrogen (secondary N) is 1. The molecule has 0 spiro atoms. The summed E-state index contributed by atoms with van der Waals surface area (Å²) in [5.41, 5.74) is 0. The zero-order valence-electron chi connectivity index (χ0n) is 7.85. The quantitative estimate of drug-likeness (QED) is 0.807. The number of rotatable bonds is 1. The summed E-state index contributed by atoms with van der Waals surface area (Å²) in [6.45, 7) is 2.20. The number of hydrogen-bond acceptors (Lipinski definition) is 3. The fraction of sp³-hybridized carbons (Fsp3) is 0.556. The van der Waals surface area contributed by atoms with Gasteiger partial charge in [0.1, 0.15) is 5.82 Å². The van der Waals surface area contributed by atoms with Crippen molar-refractivity contribution < 1.29 is 0 Å². The highest BCUT2D eigenvalue weighted by Gasteiger charge is 2.16. The normalized spacial score (nSPS) is 16.6. The summed E-state index contributed by atoms with van der Waals surface area (Å²) in [7, 11) is 0. The van der Waals surface area contributed by atoms with Crippen LogP contribution in [-0.2, 0) is 0 Å². The van der Waals surface area contributed by atoms with Crippen LogP contribution in [0.3, 0.4) is 0 Å².